The van der Waals surface area contributed by atoms with E-state index < -0.39 is 0 Å². The molecule has 0 atom stereocenters. The third kappa shape index (κ3) is 1.16. The molecule has 62 valence electrons. The van der Waals surface area contributed by atoms with Gasteiger partial charge >= 0.3 is 0 Å². The molecule has 0 amide bonds. The molecule has 1 aliphatic heterocycles. The lowest BCUT2D eigenvalue weighted by molar-refractivity contribution is 0.400. The fraction of sp³-hybridized carbons (Fsp3) is 0.200. The van der Waals surface area contributed by atoms with E-state index in [1.54, 1.807) is 0 Å². The van der Waals surface area contributed by atoms with Crippen LogP contribution in [0.2, 0.25) is 0 Å². The Morgan fingerprint density at radius 3 is 2.50 bits per heavy atom. The van der Waals surface area contributed by atoms with Gasteiger partial charge in [0.05, 0.1) is 0 Å². The molecule has 1 aromatic rings. The molecular formula is C10H11NO. The van der Waals surface area contributed by atoms with Crippen LogP contribution in [0.5, 0.6) is 0 Å². The predicted octanol–water partition coefficient (Wildman–Crippen LogP) is 2.30. The Kier molecular flexibility index (Phi) is 1.74. The summed E-state index contributed by atoms with van der Waals surface area (Å²) in [6.07, 6.45) is 2.77. The summed E-state index contributed by atoms with van der Waals surface area (Å²) in [7, 11) is 0. The maximum absolute atomic E-state index is 9.43. The van der Waals surface area contributed by atoms with E-state index in [-0.39, 0.29) is 0 Å². The third-order valence-electron chi connectivity index (χ3n) is 2.02. The Hall–Kier alpha value is -1.44. The normalized spacial score (nSPS) is 16.3. The van der Waals surface area contributed by atoms with Crippen molar-refractivity contribution in [3.05, 3.63) is 42.3 Å². The zero-order valence-electron chi connectivity index (χ0n) is 6.77. The summed E-state index contributed by atoms with van der Waals surface area (Å²) in [4.78, 5) is 1.90. The zero-order chi connectivity index (χ0) is 8.39. The Balaban J connectivity index is 2.27. The van der Waals surface area contributed by atoms with Gasteiger partial charge in [-0.15, -0.1) is 0 Å². The first-order chi connectivity index (χ1) is 5.88. The number of aliphatic hydroxyl groups excluding tert-OH is 1. The number of anilines is 1. The third-order valence-corrected chi connectivity index (χ3v) is 2.02. The van der Waals surface area contributed by atoms with E-state index >= 15 is 0 Å². The number of hydrogen-bond acceptors (Lipinski definition) is 2. The van der Waals surface area contributed by atoms with E-state index in [4.69, 9.17) is 0 Å². The van der Waals surface area contributed by atoms with Crippen molar-refractivity contribution >= 4 is 5.69 Å². The number of benzene rings is 1. The molecule has 1 aliphatic rings. The van der Waals surface area contributed by atoms with Crippen molar-refractivity contribution in [1.82, 2.24) is 0 Å². The summed E-state index contributed by atoms with van der Waals surface area (Å²) >= 11 is 0. The van der Waals surface area contributed by atoms with Gasteiger partial charge in [0.2, 0.25) is 0 Å². The highest BCUT2D eigenvalue weighted by molar-refractivity contribution is 5.51. The minimum atomic E-state index is 0.376. The Bertz CT molecular complexity index is 292. The van der Waals surface area contributed by atoms with Gasteiger partial charge < -0.3 is 10.0 Å². The summed E-state index contributed by atoms with van der Waals surface area (Å²) in [6.45, 7) is 0.885. The standard InChI is InChI=1S/C10H11NO/c12-10-7-4-8-11(10)9-5-2-1-3-6-9/h1-3,5-7,12H,4,8H2. The van der Waals surface area contributed by atoms with Crippen LogP contribution in [0.15, 0.2) is 42.3 Å². The summed E-state index contributed by atoms with van der Waals surface area (Å²) in [5, 5.41) is 9.43. The first kappa shape index (κ1) is 7.22. The van der Waals surface area contributed by atoms with Gasteiger partial charge in [-0.05, 0) is 24.6 Å². The molecule has 12 heavy (non-hydrogen) atoms. The van der Waals surface area contributed by atoms with E-state index in [0.717, 1.165) is 18.7 Å². The second-order valence-corrected chi connectivity index (χ2v) is 2.84. The van der Waals surface area contributed by atoms with Crippen LogP contribution in [0.4, 0.5) is 5.69 Å². The first-order valence-corrected chi connectivity index (χ1v) is 4.09. The van der Waals surface area contributed by atoms with Crippen LogP contribution >= 0.6 is 0 Å². The smallest absolute Gasteiger partial charge is 0.187 e. The van der Waals surface area contributed by atoms with Gasteiger partial charge in [-0.25, -0.2) is 0 Å². The van der Waals surface area contributed by atoms with E-state index in [0.29, 0.717) is 5.88 Å². The van der Waals surface area contributed by atoms with Gasteiger partial charge in [0.1, 0.15) is 0 Å². The Labute approximate surface area is 71.7 Å². The lowest BCUT2D eigenvalue weighted by Gasteiger charge is -2.17. The van der Waals surface area contributed by atoms with Gasteiger partial charge in [-0.2, -0.15) is 0 Å². The van der Waals surface area contributed by atoms with Crippen LogP contribution in [0.3, 0.4) is 0 Å². The molecule has 1 N–H and O–H groups in total. The fourth-order valence-corrected chi connectivity index (χ4v) is 1.42. The average molecular weight is 161 g/mol. The summed E-state index contributed by atoms with van der Waals surface area (Å²) in [5.41, 5.74) is 1.06. The molecule has 0 spiro atoms. The van der Waals surface area contributed by atoms with E-state index in [2.05, 4.69) is 0 Å². The van der Waals surface area contributed by atoms with Gasteiger partial charge in [0.15, 0.2) is 5.88 Å². The molecule has 0 saturated heterocycles. The van der Waals surface area contributed by atoms with Gasteiger partial charge in [-0.3, -0.25) is 0 Å². The topological polar surface area (TPSA) is 23.5 Å². The minimum absolute atomic E-state index is 0.376. The van der Waals surface area contributed by atoms with Crippen molar-refractivity contribution in [3.8, 4) is 0 Å². The molecule has 0 saturated carbocycles. The number of hydrogen-bond donors (Lipinski definition) is 1. The molecule has 1 heterocycles. The molecule has 0 aromatic heterocycles. The highest BCUT2D eigenvalue weighted by Gasteiger charge is 2.14. The summed E-state index contributed by atoms with van der Waals surface area (Å²) < 4.78 is 0. The molecule has 2 rings (SSSR count). The molecule has 0 unspecified atom stereocenters. The molecule has 0 radical (unpaired) electrons. The minimum Gasteiger partial charge on any atom is -0.495 e. The van der Waals surface area contributed by atoms with Crippen molar-refractivity contribution in [2.45, 2.75) is 6.42 Å². The van der Waals surface area contributed by atoms with Crippen molar-refractivity contribution in [2.24, 2.45) is 0 Å². The van der Waals surface area contributed by atoms with Crippen molar-refractivity contribution in [1.29, 1.82) is 0 Å². The molecule has 0 fully saturated rings. The molecule has 2 nitrogen and oxygen atoms in total. The average Bonchev–Trinajstić information content (AvgIpc) is 2.53. The van der Waals surface area contributed by atoms with Crippen LogP contribution in [0.1, 0.15) is 6.42 Å². The second-order valence-electron chi connectivity index (χ2n) is 2.84. The van der Waals surface area contributed by atoms with Crippen LogP contribution < -0.4 is 4.90 Å². The highest BCUT2D eigenvalue weighted by Crippen LogP contribution is 2.21. The maximum Gasteiger partial charge on any atom is 0.187 e. The number of rotatable bonds is 1. The molecule has 0 bridgehead atoms. The molecule has 1 aromatic carbocycles. The number of para-hydroxylation sites is 1. The molecule has 0 aliphatic carbocycles. The van der Waals surface area contributed by atoms with Crippen LogP contribution in [-0.4, -0.2) is 11.7 Å². The van der Waals surface area contributed by atoms with Crippen LogP contribution in [0.25, 0.3) is 0 Å². The lowest BCUT2D eigenvalue weighted by atomic mass is 10.3. The highest BCUT2D eigenvalue weighted by atomic mass is 16.3. The van der Waals surface area contributed by atoms with E-state index in [1.807, 2.05) is 41.3 Å². The van der Waals surface area contributed by atoms with Crippen LogP contribution in [-0.2, 0) is 0 Å². The summed E-state index contributed by atoms with van der Waals surface area (Å²) in [5.74, 6) is 0.376. The van der Waals surface area contributed by atoms with Gasteiger partial charge in [-0.1, -0.05) is 18.2 Å². The predicted molar refractivity (Wildman–Crippen MR) is 49.1 cm³/mol. The van der Waals surface area contributed by atoms with Crippen molar-refractivity contribution in [2.75, 3.05) is 11.4 Å². The lowest BCUT2D eigenvalue weighted by Crippen LogP contribution is -2.17. The van der Waals surface area contributed by atoms with E-state index in [1.165, 1.54) is 0 Å². The zero-order valence-corrected chi connectivity index (χ0v) is 6.77. The molecule has 2 heteroatoms. The van der Waals surface area contributed by atoms with Crippen molar-refractivity contribution < 1.29 is 5.11 Å². The fourth-order valence-electron chi connectivity index (χ4n) is 1.42. The summed E-state index contributed by atoms with van der Waals surface area (Å²) in [6, 6.07) is 9.91. The van der Waals surface area contributed by atoms with Crippen LogP contribution in [0, 0.1) is 0 Å². The number of aliphatic hydroxyl groups is 1. The van der Waals surface area contributed by atoms with Gasteiger partial charge in [0.25, 0.3) is 0 Å². The monoisotopic (exact) mass is 161 g/mol. The Morgan fingerprint density at radius 1 is 1.17 bits per heavy atom. The SMILES string of the molecule is OC1=CCCN1c1ccccc1. The molecular weight excluding hydrogens is 150 g/mol. The maximum atomic E-state index is 9.43. The quantitative estimate of drug-likeness (QED) is 0.683. The van der Waals surface area contributed by atoms with Gasteiger partial charge in [0, 0.05) is 12.2 Å². The first-order valence-electron chi connectivity index (χ1n) is 4.09. The van der Waals surface area contributed by atoms with Crippen molar-refractivity contribution in [3.63, 3.8) is 0 Å². The largest absolute Gasteiger partial charge is 0.495 e. The second kappa shape index (κ2) is 2.89. The number of nitrogens with zero attached hydrogens (tertiary/aromatic N) is 1. The van der Waals surface area contributed by atoms with E-state index in [9.17, 15) is 5.11 Å². The Morgan fingerprint density at radius 2 is 1.92 bits per heavy atom.